The van der Waals surface area contributed by atoms with Gasteiger partial charge in [-0.1, -0.05) is 163 Å². The Morgan fingerprint density at radius 3 is 1.34 bits per heavy atom. The van der Waals surface area contributed by atoms with Crippen molar-refractivity contribution in [2.75, 3.05) is 0 Å². The summed E-state index contributed by atoms with van der Waals surface area (Å²) in [6, 6.07) is 29.9. The van der Waals surface area contributed by atoms with Gasteiger partial charge in [-0.2, -0.15) is 9.59 Å². The number of rotatable bonds is 15. The second-order valence-corrected chi connectivity index (χ2v) is 22.7. The fourth-order valence-electron chi connectivity index (χ4n) is 11.9. The Labute approximate surface area is 445 Å². The zero-order valence-electron chi connectivity index (χ0n) is 47.2. The van der Waals surface area contributed by atoms with Crippen molar-refractivity contribution >= 4 is 30.9 Å². The third-order valence-corrected chi connectivity index (χ3v) is 17.8. The Morgan fingerprint density at radius 1 is 0.568 bits per heavy atom. The van der Waals surface area contributed by atoms with Crippen LogP contribution < -0.4 is 5.46 Å². The number of aliphatic hydroxyl groups is 2. The van der Waals surface area contributed by atoms with Gasteiger partial charge in [0.25, 0.3) is 0 Å². The van der Waals surface area contributed by atoms with Gasteiger partial charge in [0.05, 0.1) is 22.4 Å². The summed E-state index contributed by atoms with van der Waals surface area (Å²) in [7, 11) is -0.343. The standard InChI is InChI=1S/C33H41NO.C32H45BO3.CO2/c1-6-26-21-28(23-34-22-26)31-14-13-30(20-25(31)5)33(7-2,8-3)29-12-11-27(24(4)19-29)15-18-32(35)16-9-10-17-32;1-9-32(10-2,26-14-13-25(23(3)21-26)17-20-31(34)18-11-12-19-31)27-15-16-28(24(4)22-27)33-35-29(5,6)30(7,8)36-33;2-1-3/h11-15,18-23,35H,6-10,16-17H2,1-5H3;13-17,20-22,34H,9-12,18-19H2,1-8H3;/b18-15+;20-17+;. The van der Waals surface area contributed by atoms with Crippen molar-refractivity contribution < 1.29 is 29.1 Å². The smallest absolute Gasteiger partial charge is 0.399 e. The number of benzene rings is 4. The molecule has 0 radical (unpaired) electrons. The molecule has 3 fully saturated rings. The molecule has 1 saturated heterocycles. The van der Waals surface area contributed by atoms with E-state index in [0.29, 0.717) is 0 Å². The summed E-state index contributed by atoms with van der Waals surface area (Å²) in [6.45, 7) is 28.6. The van der Waals surface area contributed by atoms with E-state index in [1.165, 1.54) is 72.3 Å². The van der Waals surface area contributed by atoms with Crippen molar-refractivity contribution in [2.24, 2.45) is 0 Å². The number of carbonyl (C=O) groups excluding carboxylic acids is 2. The largest absolute Gasteiger partial charge is 0.495 e. The monoisotopic (exact) mass is 1000 g/mol. The van der Waals surface area contributed by atoms with Crippen LogP contribution in [0, 0.1) is 27.7 Å². The molecule has 0 bridgehead atoms. The Morgan fingerprint density at radius 2 is 0.959 bits per heavy atom. The average Bonchev–Trinajstić information content (AvgIpc) is 4.08. The van der Waals surface area contributed by atoms with Gasteiger partial charge >= 0.3 is 13.3 Å². The first kappa shape index (κ1) is 58.1. The van der Waals surface area contributed by atoms with E-state index in [2.05, 4.69) is 186 Å². The molecule has 2 saturated carbocycles. The summed E-state index contributed by atoms with van der Waals surface area (Å²) < 4.78 is 12.7. The van der Waals surface area contributed by atoms with Gasteiger partial charge in [-0.05, 0) is 186 Å². The first-order valence-electron chi connectivity index (χ1n) is 27.7. The highest BCUT2D eigenvalue weighted by atomic mass is 16.7. The summed E-state index contributed by atoms with van der Waals surface area (Å²) in [6.07, 6.45) is 25.6. The predicted molar refractivity (Wildman–Crippen MR) is 306 cm³/mol. The molecule has 3 aliphatic rings. The molecule has 8 rings (SSSR count). The number of aryl methyl sites for hydroxylation is 5. The van der Waals surface area contributed by atoms with E-state index in [1.807, 2.05) is 24.5 Å². The zero-order valence-corrected chi connectivity index (χ0v) is 47.2. The molecule has 0 amide bonds. The number of aromatic nitrogens is 1. The maximum Gasteiger partial charge on any atom is 0.495 e. The fraction of sp³-hybridized carbons (Fsp3) is 0.485. The number of pyridine rings is 1. The van der Waals surface area contributed by atoms with Crippen LogP contribution in [0.15, 0.2) is 103 Å². The van der Waals surface area contributed by atoms with E-state index in [9.17, 15) is 10.2 Å². The van der Waals surface area contributed by atoms with Gasteiger partial charge in [0.15, 0.2) is 0 Å². The molecule has 1 aliphatic heterocycles. The van der Waals surface area contributed by atoms with Crippen LogP contribution in [-0.2, 0) is 36.1 Å². The lowest BCUT2D eigenvalue weighted by atomic mass is 9.68. The molecule has 0 spiro atoms. The topological polar surface area (TPSA) is 106 Å². The van der Waals surface area contributed by atoms with Crippen LogP contribution >= 0.6 is 0 Å². The molecule has 4 aromatic carbocycles. The van der Waals surface area contributed by atoms with Crippen LogP contribution in [0.25, 0.3) is 23.3 Å². The molecule has 0 unspecified atom stereocenters. The Hall–Kier alpha value is -5.21. The van der Waals surface area contributed by atoms with Crippen LogP contribution in [0.1, 0.15) is 201 Å². The van der Waals surface area contributed by atoms with Crippen molar-refractivity contribution in [2.45, 2.75) is 207 Å². The minimum absolute atomic E-state index is 0.0243. The highest BCUT2D eigenvalue weighted by Gasteiger charge is 2.52. The lowest BCUT2D eigenvalue weighted by molar-refractivity contribution is -0.191. The molecule has 2 heterocycles. The summed E-state index contributed by atoms with van der Waals surface area (Å²) in [5.74, 6) is 0. The molecular formula is C66H86BNO6. The van der Waals surface area contributed by atoms with Crippen molar-refractivity contribution in [3.8, 4) is 11.1 Å². The van der Waals surface area contributed by atoms with Gasteiger partial charge in [0.1, 0.15) is 0 Å². The van der Waals surface area contributed by atoms with Gasteiger partial charge in [-0.25, -0.2) is 0 Å². The molecular weight excluding hydrogens is 914 g/mol. The lowest BCUT2D eigenvalue weighted by Gasteiger charge is -2.34. The first-order chi connectivity index (χ1) is 35.1. The predicted octanol–water partition coefficient (Wildman–Crippen LogP) is 14.8. The van der Waals surface area contributed by atoms with E-state index < -0.39 is 11.2 Å². The quantitative estimate of drug-likeness (QED) is 0.101. The normalized spacial score (nSPS) is 17.7. The summed E-state index contributed by atoms with van der Waals surface area (Å²) in [4.78, 5) is 20.7. The molecule has 7 nitrogen and oxygen atoms in total. The van der Waals surface area contributed by atoms with Crippen molar-refractivity contribution in [1.82, 2.24) is 4.98 Å². The van der Waals surface area contributed by atoms with E-state index in [0.717, 1.165) is 88.9 Å². The maximum atomic E-state index is 10.7. The number of nitrogens with zero attached hydrogens (tertiary/aromatic N) is 1. The van der Waals surface area contributed by atoms with Gasteiger partial charge < -0.3 is 19.5 Å². The molecule has 1 aromatic heterocycles. The Balaban J connectivity index is 0.000000229. The molecule has 2 N–H and O–H groups in total. The van der Waals surface area contributed by atoms with Crippen LogP contribution in [0.2, 0.25) is 0 Å². The van der Waals surface area contributed by atoms with E-state index in [1.54, 1.807) is 0 Å². The lowest BCUT2D eigenvalue weighted by Crippen LogP contribution is -2.41. The summed E-state index contributed by atoms with van der Waals surface area (Å²) >= 11 is 0. The molecule has 2 aliphatic carbocycles. The third-order valence-electron chi connectivity index (χ3n) is 17.8. The van der Waals surface area contributed by atoms with Crippen LogP contribution in [0.5, 0.6) is 0 Å². The first-order valence-corrected chi connectivity index (χ1v) is 27.7. The Bertz CT molecular complexity index is 2780. The van der Waals surface area contributed by atoms with Crippen LogP contribution in [0.3, 0.4) is 0 Å². The van der Waals surface area contributed by atoms with Gasteiger partial charge in [0.2, 0.25) is 0 Å². The van der Waals surface area contributed by atoms with E-state index in [-0.39, 0.29) is 35.3 Å². The number of hydrogen-bond donors (Lipinski definition) is 2. The average molecular weight is 1000 g/mol. The molecule has 0 atom stereocenters. The second-order valence-electron chi connectivity index (χ2n) is 22.7. The van der Waals surface area contributed by atoms with Gasteiger partial charge in [-0.15, -0.1) is 0 Å². The second kappa shape index (κ2) is 24.2. The fourth-order valence-corrected chi connectivity index (χ4v) is 11.9. The van der Waals surface area contributed by atoms with Crippen molar-refractivity contribution in [1.29, 1.82) is 0 Å². The maximum absolute atomic E-state index is 10.7. The van der Waals surface area contributed by atoms with Crippen molar-refractivity contribution in [3.05, 3.63) is 165 Å². The molecule has 74 heavy (non-hydrogen) atoms. The molecule has 8 heteroatoms. The number of hydrogen-bond acceptors (Lipinski definition) is 7. The minimum atomic E-state index is -0.627. The third kappa shape index (κ3) is 12.5. The van der Waals surface area contributed by atoms with E-state index >= 15 is 0 Å². The highest BCUT2D eigenvalue weighted by Crippen LogP contribution is 2.44. The van der Waals surface area contributed by atoms with E-state index in [4.69, 9.17) is 18.9 Å². The van der Waals surface area contributed by atoms with Crippen LogP contribution in [-0.4, -0.2) is 50.9 Å². The SMILES string of the molecule is CCC(CC)(c1ccc(/C=C/C2(O)CCCC2)c(C)c1)c1ccc(B2OC(C)(C)C(C)(C)O2)c(C)c1.CCc1cncc(-c2ccc(C(CC)(CC)c3ccc(/C=C/C4(O)CCCC4)c(C)c3)cc2C)c1.O=C=O. The van der Waals surface area contributed by atoms with Crippen LogP contribution in [0.4, 0.5) is 0 Å². The van der Waals surface area contributed by atoms with Crippen molar-refractivity contribution in [3.63, 3.8) is 0 Å². The Kier molecular flexibility index (Phi) is 19.0. The van der Waals surface area contributed by atoms with Gasteiger partial charge in [-0.3, -0.25) is 4.98 Å². The molecule has 394 valence electrons. The van der Waals surface area contributed by atoms with Gasteiger partial charge in [0, 0.05) is 28.8 Å². The summed E-state index contributed by atoms with van der Waals surface area (Å²) in [5.41, 5.74) is 15.7. The zero-order chi connectivity index (χ0) is 54.1. The highest BCUT2D eigenvalue weighted by molar-refractivity contribution is 6.62. The minimum Gasteiger partial charge on any atom is -0.399 e. The summed E-state index contributed by atoms with van der Waals surface area (Å²) in [5, 5.41) is 21.5. The molecule has 5 aromatic rings.